The number of fused-ring (bicyclic) bond motifs is 2. The first-order valence-corrected chi connectivity index (χ1v) is 12.4. The van der Waals surface area contributed by atoms with E-state index < -0.39 is 11.9 Å². The number of rotatable bonds is 5. The molecule has 0 spiro atoms. The van der Waals surface area contributed by atoms with E-state index >= 15 is 0 Å². The number of carboxylic acids is 1. The van der Waals surface area contributed by atoms with Crippen LogP contribution < -0.4 is 20.7 Å². The predicted molar refractivity (Wildman–Crippen MR) is 147 cm³/mol. The van der Waals surface area contributed by atoms with Gasteiger partial charge in [-0.3, -0.25) is 14.4 Å². The Morgan fingerprint density at radius 2 is 2.00 bits per heavy atom. The highest BCUT2D eigenvalue weighted by molar-refractivity contribution is 6.08. The van der Waals surface area contributed by atoms with Crippen LogP contribution >= 0.6 is 12.4 Å². The average molecular weight is 575 g/mol. The fourth-order valence-corrected chi connectivity index (χ4v) is 4.04. The average Bonchev–Trinajstić information content (AvgIpc) is 3.57. The van der Waals surface area contributed by atoms with Gasteiger partial charge in [-0.2, -0.15) is 0 Å². The number of H-pyrrole nitrogens is 1. The maximum atomic E-state index is 12.5. The molecular formula is C26H31ClN6O7. The van der Waals surface area contributed by atoms with Gasteiger partial charge in [-0.25, -0.2) is 14.8 Å². The molecule has 2 aliphatic heterocycles. The molecule has 0 saturated carbocycles. The lowest BCUT2D eigenvalue weighted by Crippen LogP contribution is -2.37. The zero-order chi connectivity index (χ0) is 28.2. The van der Waals surface area contributed by atoms with Gasteiger partial charge in [0.05, 0.1) is 11.2 Å². The summed E-state index contributed by atoms with van der Waals surface area (Å²) in [6.07, 6.45) is 4.40. The summed E-state index contributed by atoms with van der Waals surface area (Å²) < 4.78 is 10.5. The zero-order valence-corrected chi connectivity index (χ0v) is 23.0. The summed E-state index contributed by atoms with van der Waals surface area (Å²) in [6.45, 7) is 6.75. The number of esters is 1. The number of hydrogen-bond acceptors (Lipinski definition) is 9. The third-order valence-corrected chi connectivity index (χ3v) is 5.79. The van der Waals surface area contributed by atoms with Crippen LogP contribution in [0.4, 0.5) is 5.69 Å². The van der Waals surface area contributed by atoms with Gasteiger partial charge in [-0.15, -0.1) is 12.4 Å². The lowest BCUT2D eigenvalue weighted by atomic mass is 10.1. The van der Waals surface area contributed by atoms with E-state index in [0.717, 1.165) is 31.3 Å². The Balaban J connectivity index is 0.000000287. The van der Waals surface area contributed by atoms with Crippen LogP contribution in [0, 0.1) is 0 Å². The Kier molecular flexibility index (Phi) is 9.66. The summed E-state index contributed by atoms with van der Waals surface area (Å²) in [6, 6.07) is 5.12. The maximum absolute atomic E-state index is 12.5. The number of amides is 2. The van der Waals surface area contributed by atoms with E-state index in [9.17, 15) is 19.2 Å². The number of benzene rings is 1. The lowest BCUT2D eigenvalue weighted by molar-refractivity contribution is -0.157. The molecule has 1 fully saturated rings. The molecule has 0 radical (unpaired) electrons. The minimum absolute atomic E-state index is 0. The summed E-state index contributed by atoms with van der Waals surface area (Å²) in [4.78, 5) is 57.1. The molecule has 4 heterocycles. The number of nitrogens with zero attached hydrogens (tertiary/aromatic N) is 2. The Hall–Kier alpha value is -4.23. The molecule has 5 rings (SSSR count). The number of halogens is 1. The number of aromatic carboxylic acids is 1. The van der Waals surface area contributed by atoms with Gasteiger partial charge in [0, 0.05) is 12.7 Å². The largest absolute Gasteiger partial charge is 0.482 e. The highest BCUT2D eigenvalue weighted by Crippen LogP contribution is 2.28. The molecule has 1 atom stereocenters. The Labute approximate surface area is 235 Å². The molecule has 0 unspecified atom stereocenters. The molecule has 40 heavy (non-hydrogen) atoms. The molecule has 14 heteroatoms. The number of carboxylic acid groups (broad SMARTS) is 1. The number of ether oxygens (including phenoxy) is 2. The number of aromatic amines is 1. The third-order valence-electron chi connectivity index (χ3n) is 5.79. The van der Waals surface area contributed by atoms with E-state index in [2.05, 4.69) is 30.9 Å². The van der Waals surface area contributed by atoms with Crippen LogP contribution in [0.15, 0.2) is 30.7 Å². The molecule has 0 aliphatic carbocycles. The number of hydrogen-bond donors (Lipinski definition) is 5. The molecule has 214 valence electrons. The van der Waals surface area contributed by atoms with Crippen molar-refractivity contribution in [3.05, 3.63) is 47.5 Å². The van der Waals surface area contributed by atoms with Gasteiger partial charge in [-0.05, 0) is 57.9 Å². The summed E-state index contributed by atoms with van der Waals surface area (Å²) in [5, 5.41) is 17.7. The topological polar surface area (TPSA) is 185 Å². The van der Waals surface area contributed by atoms with Crippen LogP contribution in [0.5, 0.6) is 5.75 Å². The number of anilines is 1. The van der Waals surface area contributed by atoms with Gasteiger partial charge < -0.3 is 35.5 Å². The molecule has 2 aliphatic rings. The van der Waals surface area contributed by atoms with Crippen molar-refractivity contribution in [2.75, 3.05) is 18.5 Å². The molecule has 2 aromatic heterocycles. The Morgan fingerprint density at radius 3 is 2.67 bits per heavy atom. The predicted octanol–water partition coefficient (Wildman–Crippen LogP) is 2.42. The van der Waals surface area contributed by atoms with E-state index in [4.69, 9.17) is 14.6 Å². The zero-order valence-electron chi connectivity index (χ0n) is 22.2. The van der Waals surface area contributed by atoms with Gasteiger partial charge in [-0.1, -0.05) is 6.07 Å². The van der Waals surface area contributed by atoms with Crippen molar-refractivity contribution in [2.24, 2.45) is 0 Å². The van der Waals surface area contributed by atoms with Gasteiger partial charge in [0.2, 0.25) is 0 Å². The van der Waals surface area contributed by atoms with Crippen LogP contribution in [0.25, 0.3) is 11.0 Å². The monoisotopic (exact) mass is 574 g/mol. The second kappa shape index (κ2) is 12.7. The van der Waals surface area contributed by atoms with Gasteiger partial charge in [0.1, 0.15) is 34.8 Å². The number of aromatic nitrogens is 3. The second-order valence-corrected chi connectivity index (χ2v) is 9.99. The minimum Gasteiger partial charge on any atom is -0.482 e. The van der Waals surface area contributed by atoms with Crippen LogP contribution in [0.2, 0.25) is 0 Å². The summed E-state index contributed by atoms with van der Waals surface area (Å²) in [7, 11) is 0. The first-order valence-electron chi connectivity index (χ1n) is 12.4. The van der Waals surface area contributed by atoms with Crippen molar-refractivity contribution in [1.29, 1.82) is 0 Å². The first-order chi connectivity index (χ1) is 18.5. The first kappa shape index (κ1) is 30.3. The molecular weight excluding hydrogens is 544 g/mol. The number of carbonyl (C=O) groups is 4. The third kappa shape index (κ3) is 7.45. The van der Waals surface area contributed by atoms with E-state index in [1.807, 2.05) is 20.8 Å². The smallest absolute Gasteiger partial charge is 0.339 e. The SMILES string of the molecule is CC(C)(C)OC(=O)[C@@H]1CCCN1.Cl.O=C1COc2ccc(CNC(=O)c3ncnc4c(C(=O)O)c[nH]c34)cc2N1. The molecule has 0 bridgehead atoms. The maximum Gasteiger partial charge on any atom is 0.339 e. The fraction of sp³-hybridized carbons (Fsp3) is 0.385. The van der Waals surface area contributed by atoms with E-state index in [1.54, 1.807) is 18.2 Å². The minimum atomic E-state index is -1.15. The van der Waals surface area contributed by atoms with Crippen LogP contribution in [-0.2, 0) is 20.9 Å². The fourth-order valence-electron chi connectivity index (χ4n) is 4.04. The van der Waals surface area contributed by atoms with E-state index in [-0.39, 0.29) is 71.4 Å². The van der Waals surface area contributed by atoms with E-state index in [1.165, 1.54) is 6.20 Å². The van der Waals surface area contributed by atoms with Crippen LogP contribution in [0.3, 0.4) is 0 Å². The molecule has 1 saturated heterocycles. The van der Waals surface area contributed by atoms with Gasteiger partial charge in [0.15, 0.2) is 12.3 Å². The molecule has 5 N–H and O–H groups in total. The quantitative estimate of drug-likeness (QED) is 0.283. The van der Waals surface area contributed by atoms with Crippen molar-refractivity contribution in [3.63, 3.8) is 0 Å². The highest BCUT2D eigenvalue weighted by Gasteiger charge is 2.27. The molecule has 2 amide bonds. The summed E-state index contributed by atoms with van der Waals surface area (Å²) in [5.74, 6) is -1.42. The van der Waals surface area contributed by atoms with Gasteiger partial charge in [0.25, 0.3) is 11.8 Å². The van der Waals surface area contributed by atoms with Gasteiger partial charge >= 0.3 is 11.9 Å². The molecule has 3 aromatic rings. The van der Waals surface area contributed by atoms with E-state index in [0.29, 0.717) is 11.4 Å². The summed E-state index contributed by atoms with van der Waals surface area (Å²) in [5.41, 5.74) is 1.35. The van der Waals surface area contributed by atoms with Crippen molar-refractivity contribution >= 4 is 52.9 Å². The van der Waals surface area contributed by atoms with Crippen LogP contribution in [-0.4, -0.2) is 68.6 Å². The van der Waals surface area contributed by atoms with Crippen LogP contribution in [0.1, 0.15) is 60.0 Å². The lowest BCUT2D eigenvalue weighted by Gasteiger charge is -2.21. The van der Waals surface area contributed by atoms with Crippen molar-refractivity contribution < 1.29 is 33.8 Å². The number of nitrogens with one attached hydrogen (secondary N) is 4. The standard InChI is InChI=1S/C17H13N5O5.C9H17NO2.ClH/c23-12-6-27-11-2-1-8(3-10(11)22-12)4-19-16(24)15-14-13(20-7-21-15)9(5-18-14)17(25)26;1-9(2,3)12-8(11)7-5-4-6-10-7;/h1-3,5,7,18H,4,6H2,(H,19,24)(H,22,23)(H,25,26);7,10H,4-6H2,1-3H3;1H/t;7-;/m.0./s1. The van der Waals surface area contributed by atoms with Crippen molar-refractivity contribution in [3.8, 4) is 5.75 Å². The summed E-state index contributed by atoms with van der Waals surface area (Å²) >= 11 is 0. The van der Waals surface area contributed by atoms with Crippen molar-refractivity contribution in [1.82, 2.24) is 25.6 Å². The second-order valence-electron chi connectivity index (χ2n) is 9.99. The number of carbonyl (C=O) groups excluding carboxylic acids is 3. The highest BCUT2D eigenvalue weighted by atomic mass is 35.5. The Morgan fingerprint density at radius 1 is 1.23 bits per heavy atom. The molecule has 1 aromatic carbocycles. The Bertz CT molecular complexity index is 1410. The molecule has 13 nitrogen and oxygen atoms in total. The normalized spacial score (nSPS) is 15.9. The van der Waals surface area contributed by atoms with Crippen molar-refractivity contribution in [2.45, 2.75) is 51.8 Å².